The number of amides is 1. The summed E-state index contributed by atoms with van der Waals surface area (Å²) in [5.41, 5.74) is 3.95. The number of nitrogens with one attached hydrogen (secondary N) is 2. The van der Waals surface area contributed by atoms with Gasteiger partial charge in [-0.3, -0.25) is 4.79 Å². The Kier molecular flexibility index (Phi) is 5.32. The molecule has 2 aromatic heterocycles. The van der Waals surface area contributed by atoms with Crippen molar-refractivity contribution in [3.8, 4) is 22.6 Å². The molecule has 0 spiro atoms. The summed E-state index contributed by atoms with van der Waals surface area (Å²) >= 11 is 0. The molecule has 3 N–H and O–H groups in total. The van der Waals surface area contributed by atoms with E-state index in [9.17, 15) is 9.90 Å². The van der Waals surface area contributed by atoms with Gasteiger partial charge in [0.1, 0.15) is 6.10 Å². The van der Waals surface area contributed by atoms with Gasteiger partial charge < -0.3 is 24.6 Å². The number of oxazole rings is 2. The van der Waals surface area contributed by atoms with Crippen molar-refractivity contribution in [1.29, 1.82) is 0 Å². The Bertz CT molecular complexity index is 1170. The number of carbonyl (C=O) groups is 1. The maximum absolute atomic E-state index is 11.9. The third-order valence-electron chi connectivity index (χ3n) is 4.51. The van der Waals surface area contributed by atoms with Crippen LogP contribution in [0, 0.1) is 6.92 Å². The highest BCUT2D eigenvalue weighted by Gasteiger charge is 2.15. The largest absolute Gasteiger partial charge is 0.444 e. The number of hydrogen-bond donors (Lipinski definition) is 3. The van der Waals surface area contributed by atoms with E-state index in [1.807, 2.05) is 31.2 Å². The summed E-state index contributed by atoms with van der Waals surface area (Å²) in [5.74, 6) is 0.685. The molecule has 0 saturated carbocycles. The second-order valence-corrected chi connectivity index (χ2v) is 6.76. The molecule has 0 bridgehead atoms. The number of anilines is 3. The number of rotatable bonds is 6. The van der Waals surface area contributed by atoms with Crippen molar-refractivity contribution < 1.29 is 18.7 Å². The molecular weight excluding hydrogens is 384 g/mol. The van der Waals surface area contributed by atoms with Crippen molar-refractivity contribution in [2.45, 2.75) is 20.0 Å². The summed E-state index contributed by atoms with van der Waals surface area (Å²) < 4.78 is 11.2. The van der Waals surface area contributed by atoms with E-state index in [1.165, 1.54) is 13.3 Å². The van der Waals surface area contributed by atoms with Crippen LogP contribution in [0.3, 0.4) is 0 Å². The molecule has 2 aromatic carbocycles. The van der Waals surface area contributed by atoms with Gasteiger partial charge in [0.25, 0.3) is 11.9 Å². The lowest BCUT2D eigenvalue weighted by Gasteiger charge is -2.10. The standard InChI is InChI=1S/C22H20N4O4/c1-13-9-15(7-8-16(13)19-10-23-12-29-19)25-22-24-11-20(30-22)17-5-3-4-6-18(17)26-21(28)14(2)27/h3-12,14,27H,1-2H3,(H,24,25)(H,26,28). The number of aliphatic hydroxyl groups is 1. The Morgan fingerprint density at radius 1 is 1.10 bits per heavy atom. The van der Waals surface area contributed by atoms with Crippen LogP contribution in [0.1, 0.15) is 12.5 Å². The van der Waals surface area contributed by atoms with Crippen LogP contribution in [0.15, 0.2) is 70.1 Å². The van der Waals surface area contributed by atoms with E-state index in [0.29, 0.717) is 28.8 Å². The average molecular weight is 404 g/mol. The molecule has 0 aliphatic rings. The summed E-state index contributed by atoms with van der Waals surface area (Å²) in [7, 11) is 0. The van der Waals surface area contributed by atoms with E-state index in [4.69, 9.17) is 8.83 Å². The average Bonchev–Trinajstić information content (AvgIpc) is 3.41. The number of para-hydroxylation sites is 1. The Morgan fingerprint density at radius 2 is 1.93 bits per heavy atom. The third-order valence-corrected chi connectivity index (χ3v) is 4.51. The maximum Gasteiger partial charge on any atom is 0.299 e. The monoisotopic (exact) mass is 404 g/mol. The van der Waals surface area contributed by atoms with Gasteiger partial charge in [0, 0.05) is 16.8 Å². The Morgan fingerprint density at radius 3 is 2.67 bits per heavy atom. The van der Waals surface area contributed by atoms with Crippen molar-refractivity contribution in [1.82, 2.24) is 9.97 Å². The summed E-state index contributed by atoms with van der Waals surface area (Å²) in [4.78, 5) is 20.1. The number of nitrogens with zero attached hydrogens (tertiary/aromatic N) is 2. The lowest BCUT2D eigenvalue weighted by molar-refractivity contribution is -0.123. The Hall–Kier alpha value is -3.91. The van der Waals surface area contributed by atoms with Crippen LogP contribution in [-0.2, 0) is 4.79 Å². The molecule has 30 heavy (non-hydrogen) atoms. The van der Waals surface area contributed by atoms with Crippen molar-refractivity contribution >= 4 is 23.3 Å². The molecule has 8 heteroatoms. The summed E-state index contributed by atoms with van der Waals surface area (Å²) in [6, 6.07) is 13.3. The SMILES string of the molecule is Cc1cc(Nc2ncc(-c3ccccc3NC(=O)C(C)O)o2)ccc1-c1cnco1. The van der Waals surface area contributed by atoms with E-state index in [0.717, 1.165) is 16.8 Å². The molecule has 0 radical (unpaired) electrons. The summed E-state index contributed by atoms with van der Waals surface area (Å²) in [5, 5.41) is 15.3. The van der Waals surface area contributed by atoms with E-state index in [-0.39, 0.29) is 0 Å². The summed E-state index contributed by atoms with van der Waals surface area (Å²) in [6.07, 6.45) is 3.53. The van der Waals surface area contributed by atoms with Crippen LogP contribution in [0.4, 0.5) is 17.4 Å². The van der Waals surface area contributed by atoms with Crippen LogP contribution in [0.5, 0.6) is 0 Å². The second-order valence-electron chi connectivity index (χ2n) is 6.76. The molecule has 0 aliphatic carbocycles. The normalized spacial score (nSPS) is 11.8. The van der Waals surface area contributed by atoms with Crippen LogP contribution < -0.4 is 10.6 Å². The van der Waals surface area contributed by atoms with Crippen LogP contribution in [-0.4, -0.2) is 27.1 Å². The Labute approximate surface area is 172 Å². The van der Waals surface area contributed by atoms with E-state index in [1.54, 1.807) is 30.6 Å². The fourth-order valence-corrected chi connectivity index (χ4v) is 2.99. The van der Waals surface area contributed by atoms with Crippen molar-refractivity contribution in [3.05, 3.63) is 66.8 Å². The van der Waals surface area contributed by atoms with Gasteiger partial charge in [0.15, 0.2) is 17.9 Å². The molecule has 152 valence electrons. The fourth-order valence-electron chi connectivity index (χ4n) is 2.99. The molecule has 0 saturated heterocycles. The first-order chi connectivity index (χ1) is 14.5. The maximum atomic E-state index is 11.9. The molecular formula is C22H20N4O4. The minimum absolute atomic E-state index is 0.313. The topological polar surface area (TPSA) is 113 Å². The van der Waals surface area contributed by atoms with E-state index in [2.05, 4.69) is 20.6 Å². The lowest BCUT2D eigenvalue weighted by Crippen LogP contribution is -2.24. The highest BCUT2D eigenvalue weighted by Crippen LogP contribution is 2.31. The zero-order chi connectivity index (χ0) is 21.1. The zero-order valence-corrected chi connectivity index (χ0v) is 16.4. The van der Waals surface area contributed by atoms with Crippen LogP contribution in [0.2, 0.25) is 0 Å². The van der Waals surface area contributed by atoms with Crippen molar-refractivity contribution in [2.75, 3.05) is 10.6 Å². The zero-order valence-electron chi connectivity index (χ0n) is 16.4. The first-order valence-electron chi connectivity index (χ1n) is 9.32. The predicted molar refractivity (Wildman–Crippen MR) is 112 cm³/mol. The van der Waals surface area contributed by atoms with Gasteiger partial charge >= 0.3 is 0 Å². The number of aryl methyl sites for hydroxylation is 1. The molecule has 2 heterocycles. The number of carbonyl (C=O) groups excluding carboxylic acids is 1. The minimum Gasteiger partial charge on any atom is -0.444 e. The smallest absolute Gasteiger partial charge is 0.299 e. The van der Waals surface area contributed by atoms with Gasteiger partial charge in [-0.05, 0) is 49.7 Å². The molecule has 0 aliphatic heterocycles. The number of hydrogen-bond acceptors (Lipinski definition) is 7. The quantitative estimate of drug-likeness (QED) is 0.437. The van der Waals surface area contributed by atoms with Crippen LogP contribution >= 0.6 is 0 Å². The molecule has 1 unspecified atom stereocenters. The fraction of sp³-hybridized carbons (Fsp3) is 0.136. The van der Waals surface area contributed by atoms with Crippen molar-refractivity contribution in [3.63, 3.8) is 0 Å². The highest BCUT2D eigenvalue weighted by molar-refractivity contribution is 5.97. The van der Waals surface area contributed by atoms with Gasteiger partial charge in [0.2, 0.25) is 0 Å². The first-order valence-corrected chi connectivity index (χ1v) is 9.32. The van der Waals surface area contributed by atoms with Gasteiger partial charge in [0.05, 0.1) is 18.1 Å². The first kappa shape index (κ1) is 19.4. The summed E-state index contributed by atoms with van der Waals surface area (Å²) in [6.45, 7) is 3.38. The molecule has 4 rings (SSSR count). The van der Waals surface area contributed by atoms with E-state index >= 15 is 0 Å². The van der Waals surface area contributed by atoms with Gasteiger partial charge in [-0.1, -0.05) is 12.1 Å². The number of benzene rings is 2. The molecule has 1 atom stereocenters. The van der Waals surface area contributed by atoms with Gasteiger partial charge in [-0.2, -0.15) is 0 Å². The number of aromatic nitrogens is 2. The van der Waals surface area contributed by atoms with Crippen LogP contribution in [0.25, 0.3) is 22.6 Å². The molecule has 0 fully saturated rings. The van der Waals surface area contributed by atoms with Crippen molar-refractivity contribution in [2.24, 2.45) is 0 Å². The third kappa shape index (κ3) is 4.08. The van der Waals surface area contributed by atoms with E-state index < -0.39 is 12.0 Å². The second kappa shape index (κ2) is 8.22. The molecule has 1 amide bonds. The molecule has 8 nitrogen and oxygen atoms in total. The number of aliphatic hydroxyl groups excluding tert-OH is 1. The highest BCUT2D eigenvalue weighted by atomic mass is 16.4. The molecule has 4 aromatic rings. The minimum atomic E-state index is -1.12. The Balaban J connectivity index is 1.54. The van der Waals surface area contributed by atoms with Gasteiger partial charge in [-0.15, -0.1) is 0 Å². The predicted octanol–water partition coefficient (Wildman–Crippen LogP) is 4.37. The lowest BCUT2D eigenvalue weighted by atomic mass is 10.1. The van der Waals surface area contributed by atoms with Gasteiger partial charge in [-0.25, -0.2) is 9.97 Å².